The summed E-state index contributed by atoms with van der Waals surface area (Å²) in [6, 6.07) is 0. The third-order valence-corrected chi connectivity index (χ3v) is 3.52. The van der Waals surface area contributed by atoms with Gasteiger partial charge in [0.2, 0.25) is 0 Å². The van der Waals surface area contributed by atoms with E-state index in [1.807, 2.05) is 4.90 Å². The Labute approximate surface area is 112 Å². The summed E-state index contributed by atoms with van der Waals surface area (Å²) in [5, 5.41) is 12.7. The Morgan fingerprint density at radius 1 is 1.53 bits per heavy atom. The van der Waals surface area contributed by atoms with E-state index in [1.54, 1.807) is 24.1 Å². The van der Waals surface area contributed by atoms with Crippen molar-refractivity contribution in [2.24, 2.45) is 13.0 Å². The van der Waals surface area contributed by atoms with Gasteiger partial charge in [-0.05, 0) is 25.2 Å². The molecule has 1 N–H and O–H groups in total. The number of aryl methyl sites for hydroxylation is 1. The number of aliphatic carboxylic acids is 1. The van der Waals surface area contributed by atoms with E-state index in [1.165, 1.54) is 0 Å². The first-order valence-corrected chi connectivity index (χ1v) is 6.56. The average Bonchev–Trinajstić information content (AvgIpc) is 2.82. The molecule has 0 aromatic carbocycles. The number of rotatable bonds is 4. The molecule has 1 aliphatic rings. The van der Waals surface area contributed by atoms with Crippen molar-refractivity contribution in [2.45, 2.75) is 25.7 Å². The molecule has 2 rings (SSSR count). The first kappa shape index (κ1) is 13.6. The molecule has 1 fully saturated rings. The van der Waals surface area contributed by atoms with Gasteiger partial charge in [-0.25, -0.2) is 0 Å². The van der Waals surface area contributed by atoms with Crippen LogP contribution in [0.4, 0.5) is 0 Å². The number of piperidine rings is 1. The highest BCUT2D eigenvalue weighted by molar-refractivity contribution is 5.93. The van der Waals surface area contributed by atoms with Gasteiger partial charge in [0, 0.05) is 32.8 Å². The summed E-state index contributed by atoms with van der Waals surface area (Å²) in [6.45, 7) is 1.40. The van der Waals surface area contributed by atoms with Gasteiger partial charge in [-0.3, -0.25) is 14.3 Å². The molecule has 0 bridgehead atoms. The number of hydrogen-bond acceptors (Lipinski definition) is 3. The number of carboxylic acid groups (broad SMARTS) is 1. The molecule has 1 atom stereocenters. The molecular formula is C13H19N3O3. The number of hydrogen-bond donors (Lipinski definition) is 1. The van der Waals surface area contributed by atoms with Crippen LogP contribution in [-0.4, -0.2) is 44.8 Å². The molecule has 0 spiro atoms. The maximum atomic E-state index is 12.3. The quantitative estimate of drug-likeness (QED) is 0.885. The minimum Gasteiger partial charge on any atom is -0.481 e. The summed E-state index contributed by atoms with van der Waals surface area (Å²) in [4.78, 5) is 24.7. The minimum absolute atomic E-state index is 0.00637. The van der Waals surface area contributed by atoms with Crippen molar-refractivity contribution in [1.82, 2.24) is 14.7 Å². The standard InChI is InChI=1S/C13H19N3O3/c1-15-9-11(7-14-15)13(19)16-6-2-3-10(8-16)4-5-12(17)18/h7,9-10H,2-6,8H2,1H3,(H,17,18)/t10-/m1/s1. The monoisotopic (exact) mass is 265 g/mol. The van der Waals surface area contributed by atoms with Gasteiger partial charge in [0.25, 0.3) is 5.91 Å². The summed E-state index contributed by atoms with van der Waals surface area (Å²) in [6.07, 6.45) is 6.05. The Kier molecular flexibility index (Phi) is 4.19. The first-order valence-electron chi connectivity index (χ1n) is 6.56. The summed E-state index contributed by atoms with van der Waals surface area (Å²) < 4.78 is 1.61. The third kappa shape index (κ3) is 3.56. The number of carbonyl (C=O) groups is 2. The lowest BCUT2D eigenvalue weighted by atomic mass is 9.93. The highest BCUT2D eigenvalue weighted by Gasteiger charge is 2.25. The van der Waals surface area contributed by atoms with E-state index in [9.17, 15) is 9.59 Å². The van der Waals surface area contributed by atoms with Crippen LogP contribution in [0.2, 0.25) is 0 Å². The molecule has 1 saturated heterocycles. The number of nitrogens with zero attached hydrogens (tertiary/aromatic N) is 3. The van der Waals surface area contributed by atoms with Gasteiger partial charge in [-0.1, -0.05) is 0 Å². The lowest BCUT2D eigenvalue weighted by molar-refractivity contribution is -0.137. The first-order chi connectivity index (χ1) is 9.06. The highest BCUT2D eigenvalue weighted by atomic mass is 16.4. The fourth-order valence-corrected chi connectivity index (χ4v) is 2.53. The molecule has 0 unspecified atom stereocenters. The zero-order chi connectivity index (χ0) is 13.8. The van der Waals surface area contributed by atoms with E-state index in [0.717, 1.165) is 19.4 Å². The second-order valence-electron chi connectivity index (χ2n) is 5.09. The topological polar surface area (TPSA) is 75.4 Å². The fourth-order valence-electron chi connectivity index (χ4n) is 2.53. The molecule has 1 aromatic heterocycles. The molecular weight excluding hydrogens is 246 g/mol. The smallest absolute Gasteiger partial charge is 0.303 e. The van der Waals surface area contributed by atoms with Gasteiger partial charge in [0.15, 0.2) is 0 Å². The predicted octanol–water partition coefficient (Wildman–Crippen LogP) is 1.14. The molecule has 1 aliphatic heterocycles. The summed E-state index contributed by atoms with van der Waals surface area (Å²) in [5.74, 6) is -0.477. The molecule has 2 heterocycles. The number of carboxylic acids is 1. The van der Waals surface area contributed by atoms with E-state index in [-0.39, 0.29) is 12.3 Å². The van der Waals surface area contributed by atoms with Gasteiger partial charge < -0.3 is 10.0 Å². The SMILES string of the molecule is Cn1cc(C(=O)N2CCC[C@H](CCC(=O)O)C2)cn1. The number of aromatic nitrogens is 2. The third-order valence-electron chi connectivity index (χ3n) is 3.52. The van der Waals surface area contributed by atoms with Crippen LogP contribution in [0.1, 0.15) is 36.0 Å². The van der Waals surface area contributed by atoms with Crippen molar-refractivity contribution in [2.75, 3.05) is 13.1 Å². The molecule has 0 aliphatic carbocycles. The fraction of sp³-hybridized carbons (Fsp3) is 0.615. The van der Waals surface area contributed by atoms with Crippen molar-refractivity contribution in [3.8, 4) is 0 Å². The van der Waals surface area contributed by atoms with Gasteiger partial charge in [0.05, 0.1) is 11.8 Å². The number of likely N-dealkylation sites (tertiary alicyclic amines) is 1. The van der Waals surface area contributed by atoms with E-state index >= 15 is 0 Å². The summed E-state index contributed by atoms with van der Waals surface area (Å²) in [5.41, 5.74) is 0.599. The molecule has 6 heteroatoms. The van der Waals surface area contributed by atoms with Crippen LogP contribution in [0, 0.1) is 5.92 Å². The van der Waals surface area contributed by atoms with Crippen LogP contribution in [0.5, 0.6) is 0 Å². The molecule has 1 aromatic rings. The molecule has 1 amide bonds. The molecule has 6 nitrogen and oxygen atoms in total. The Hall–Kier alpha value is -1.85. The van der Waals surface area contributed by atoms with Crippen LogP contribution in [0.25, 0.3) is 0 Å². The second kappa shape index (κ2) is 5.86. The van der Waals surface area contributed by atoms with Crippen molar-refractivity contribution in [3.63, 3.8) is 0 Å². The van der Waals surface area contributed by atoms with Crippen molar-refractivity contribution in [1.29, 1.82) is 0 Å². The summed E-state index contributed by atoms with van der Waals surface area (Å²) >= 11 is 0. The van der Waals surface area contributed by atoms with E-state index in [4.69, 9.17) is 5.11 Å². The maximum Gasteiger partial charge on any atom is 0.303 e. The minimum atomic E-state index is -0.768. The molecule has 0 saturated carbocycles. The molecule has 19 heavy (non-hydrogen) atoms. The van der Waals surface area contributed by atoms with Crippen LogP contribution < -0.4 is 0 Å². The summed E-state index contributed by atoms with van der Waals surface area (Å²) in [7, 11) is 1.78. The molecule has 104 valence electrons. The highest BCUT2D eigenvalue weighted by Crippen LogP contribution is 2.22. The Bertz CT molecular complexity index is 469. The largest absolute Gasteiger partial charge is 0.481 e. The van der Waals surface area contributed by atoms with Crippen LogP contribution >= 0.6 is 0 Å². The normalized spacial score (nSPS) is 19.4. The van der Waals surface area contributed by atoms with Crippen LogP contribution in [0.3, 0.4) is 0 Å². The van der Waals surface area contributed by atoms with Gasteiger partial charge >= 0.3 is 5.97 Å². The Morgan fingerprint density at radius 2 is 2.32 bits per heavy atom. The molecule has 0 radical (unpaired) electrons. The van der Waals surface area contributed by atoms with Crippen LogP contribution in [-0.2, 0) is 11.8 Å². The lowest BCUT2D eigenvalue weighted by Gasteiger charge is -2.32. The zero-order valence-corrected chi connectivity index (χ0v) is 11.1. The van der Waals surface area contributed by atoms with E-state index < -0.39 is 5.97 Å². The van der Waals surface area contributed by atoms with E-state index in [0.29, 0.717) is 24.4 Å². The number of amides is 1. The Balaban J connectivity index is 1.93. The Morgan fingerprint density at radius 3 is 2.95 bits per heavy atom. The van der Waals surface area contributed by atoms with Crippen molar-refractivity contribution < 1.29 is 14.7 Å². The van der Waals surface area contributed by atoms with Crippen LogP contribution in [0.15, 0.2) is 12.4 Å². The maximum absolute atomic E-state index is 12.3. The lowest BCUT2D eigenvalue weighted by Crippen LogP contribution is -2.39. The average molecular weight is 265 g/mol. The zero-order valence-electron chi connectivity index (χ0n) is 11.1. The predicted molar refractivity (Wildman–Crippen MR) is 68.7 cm³/mol. The van der Waals surface area contributed by atoms with Gasteiger partial charge in [0.1, 0.15) is 0 Å². The van der Waals surface area contributed by atoms with Crippen molar-refractivity contribution >= 4 is 11.9 Å². The second-order valence-corrected chi connectivity index (χ2v) is 5.09. The van der Waals surface area contributed by atoms with Crippen molar-refractivity contribution in [3.05, 3.63) is 18.0 Å². The van der Waals surface area contributed by atoms with E-state index in [2.05, 4.69) is 5.10 Å². The van der Waals surface area contributed by atoms with Gasteiger partial charge in [-0.15, -0.1) is 0 Å². The van der Waals surface area contributed by atoms with Gasteiger partial charge in [-0.2, -0.15) is 5.10 Å². The number of carbonyl (C=O) groups excluding carboxylic acids is 1.